The van der Waals surface area contributed by atoms with E-state index in [0.29, 0.717) is 30.3 Å². The van der Waals surface area contributed by atoms with Crippen molar-refractivity contribution >= 4 is 24.0 Å². The van der Waals surface area contributed by atoms with E-state index in [-0.39, 0.29) is 18.4 Å². The number of hydrogen-bond acceptors (Lipinski definition) is 8. The molecule has 0 fully saturated rings. The van der Waals surface area contributed by atoms with Crippen LogP contribution in [0.2, 0.25) is 0 Å². The van der Waals surface area contributed by atoms with Crippen LogP contribution < -0.4 is 20.5 Å². The van der Waals surface area contributed by atoms with Crippen LogP contribution in [0.4, 0.5) is 5.95 Å². The van der Waals surface area contributed by atoms with Crippen LogP contribution in [0.1, 0.15) is 11.1 Å². The van der Waals surface area contributed by atoms with Crippen LogP contribution in [0.25, 0.3) is 28.5 Å². The maximum Gasteiger partial charge on any atom is 0.223 e. The average molecular weight is 493 g/mol. The second-order valence-electron chi connectivity index (χ2n) is 7.66. The van der Waals surface area contributed by atoms with Crippen molar-refractivity contribution in [2.24, 2.45) is 0 Å². The Hall–Kier alpha value is -4.08. The average Bonchev–Trinajstić information content (AvgIpc) is 3.54. The quantitative estimate of drug-likeness (QED) is 0.328. The molecule has 0 aliphatic carbocycles. The fraction of sp³-hybridized carbons (Fsp3) is 0.160. The predicted octanol–water partition coefficient (Wildman–Crippen LogP) is 4.36. The summed E-state index contributed by atoms with van der Waals surface area (Å²) in [5.41, 5.74) is 10.7. The minimum Gasteiger partial charge on any atom is -0.497 e. The zero-order valence-corrected chi connectivity index (χ0v) is 20.1. The fourth-order valence-corrected chi connectivity index (χ4v) is 3.79. The van der Waals surface area contributed by atoms with Gasteiger partial charge in [-0.2, -0.15) is 4.52 Å². The second kappa shape index (κ2) is 10.5. The van der Waals surface area contributed by atoms with Crippen LogP contribution in [0, 0.1) is 0 Å². The van der Waals surface area contributed by atoms with E-state index in [1.165, 1.54) is 4.52 Å². The number of nitrogens with zero attached hydrogens (tertiary/aromatic N) is 4. The predicted molar refractivity (Wildman–Crippen MR) is 136 cm³/mol. The van der Waals surface area contributed by atoms with Gasteiger partial charge in [-0.25, -0.2) is 9.97 Å². The summed E-state index contributed by atoms with van der Waals surface area (Å²) in [6.45, 7) is 1.28. The van der Waals surface area contributed by atoms with Crippen molar-refractivity contribution in [2.45, 2.75) is 13.1 Å². The highest BCUT2D eigenvalue weighted by atomic mass is 35.5. The number of rotatable bonds is 8. The van der Waals surface area contributed by atoms with Gasteiger partial charge in [0.05, 0.1) is 26.2 Å². The number of anilines is 1. The molecule has 0 bridgehead atoms. The van der Waals surface area contributed by atoms with Gasteiger partial charge in [0.25, 0.3) is 0 Å². The van der Waals surface area contributed by atoms with Crippen molar-refractivity contribution < 1.29 is 13.9 Å². The van der Waals surface area contributed by atoms with Crippen LogP contribution in [0.3, 0.4) is 0 Å². The Kier molecular flexibility index (Phi) is 7.19. The normalized spacial score (nSPS) is 10.8. The SMILES string of the molecule is COc1cc(CNCc2ccccc2-c2cc3nc(-c4ccco4)nn3c(N)n2)cc(OC)c1.Cl. The van der Waals surface area contributed by atoms with Gasteiger partial charge in [-0.15, -0.1) is 17.5 Å². The van der Waals surface area contributed by atoms with E-state index in [0.717, 1.165) is 33.9 Å². The molecule has 180 valence electrons. The molecule has 0 spiro atoms. The molecule has 0 aliphatic heterocycles. The molecule has 0 radical (unpaired) electrons. The Morgan fingerprint density at radius 1 is 0.943 bits per heavy atom. The first kappa shape index (κ1) is 24.1. The lowest BCUT2D eigenvalue weighted by Gasteiger charge is -2.12. The smallest absolute Gasteiger partial charge is 0.223 e. The number of methoxy groups -OCH3 is 2. The maximum absolute atomic E-state index is 6.22. The molecule has 9 nitrogen and oxygen atoms in total. The summed E-state index contributed by atoms with van der Waals surface area (Å²) < 4.78 is 17.6. The first-order valence-corrected chi connectivity index (χ1v) is 10.7. The topological polar surface area (TPSA) is 113 Å². The highest BCUT2D eigenvalue weighted by molar-refractivity contribution is 5.85. The lowest BCUT2D eigenvalue weighted by atomic mass is 10.0. The molecule has 5 rings (SSSR count). The third-order valence-corrected chi connectivity index (χ3v) is 5.44. The summed E-state index contributed by atoms with van der Waals surface area (Å²) in [4.78, 5) is 9.15. The minimum atomic E-state index is 0. The van der Waals surface area contributed by atoms with Gasteiger partial charge in [0.1, 0.15) is 11.5 Å². The van der Waals surface area contributed by atoms with E-state index < -0.39 is 0 Å². The Morgan fingerprint density at radius 2 is 1.71 bits per heavy atom. The first-order chi connectivity index (χ1) is 16.6. The van der Waals surface area contributed by atoms with E-state index >= 15 is 0 Å². The van der Waals surface area contributed by atoms with Gasteiger partial charge in [0, 0.05) is 30.8 Å². The van der Waals surface area contributed by atoms with Crippen molar-refractivity contribution in [3.63, 3.8) is 0 Å². The molecular weight excluding hydrogens is 468 g/mol. The first-order valence-electron chi connectivity index (χ1n) is 10.7. The number of halogens is 1. The number of nitrogen functional groups attached to an aromatic ring is 1. The van der Waals surface area contributed by atoms with Gasteiger partial charge in [0.2, 0.25) is 11.8 Å². The highest BCUT2D eigenvalue weighted by Crippen LogP contribution is 2.26. The third kappa shape index (κ3) is 5.06. The number of nitrogens with one attached hydrogen (secondary N) is 1. The van der Waals surface area contributed by atoms with Gasteiger partial charge in [-0.3, -0.25) is 0 Å². The molecule has 0 atom stereocenters. The standard InChI is InChI=1S/C25H24N6O3.ClH/c1-32-18-10-16(11-19(12-18)33-2)14-27-15-17-6-3-4-7-20(17)21-13-23-29-24(22-8-5-9-34-22)30-31(23)25(26)28-21;/h3-13,27H,14-15H2,1-2H3,(H2,26,28);1H. The fourth-order valence-electron chi connectivity index (χ4n) is 3.79. The summed E-state index contributed by atoms with van der Waals surface area (Å²) in [6.07, 6.45) is 1.58. The van der Waals surface area contributed by atoms with Gasteiger partial charge < -0.3 is 24.9 Å². The summed E-state index contributed by atoms with van der Waals surface area (Å²) in [7, 11) is 3.29. The number of ether oxygens (including phenoxy) is 2. The third-order valence-electron chi connectivity index (χ3n) is 5.44. The number of nitrogens with two attached hydrogens (primary N) is 1. The number of aromatic nitrogens is 4. The molecule has 3 N–H and O–H groups in total. The molecule has 10 heteroatoms. The van der Waals surface area contributed by atoms with Gasteiger partial charge in [-0.05, 0) is 35.4 Å². The maximum atomic E-state index is 6.22. The monoisotopic (exact) mass is 492 g/mol. The second-order valence-corrected chi connectivity index (χ2v) is 7.66. The molecule has 0 saturated carbocycles. The summed E-state index contributed by atoms with van der Waals surface area (Å²) in [5, 5.41) is 7.90. The Bertz CT molecular complexity index is 1410. The summed E-state index contributed by atoms with van der Waals surface area (Å²) in [5.74, 6) is 2.80. The largest absolute Gasteiger partial charge is 0.497 e. The zero-order chi connectivity index (χ0) is 23.5. The molecule has 5 aromatic rings. The van der Waals surface area contributed by atoms with Gasteiger partial charge in [-0.1, -0.05) is 24.3 Å². The van der Waals surface area contributed by atoms with Crippen LogP contribution in [-0.2, 0) is 13.1 Å². The lowest BCUT2D eigenvalue weighted by molar-refractivity contribution is 0.393. The molecule has 0 unspecified atom stereocenters. The molecule has 0 saturated heterocycles. The van der Waals surface area contributed by atoms with E-state index in [1.807, 2.05) is 42.5 Å². The molecule has 3 heterocycles. The van der Waals surface area contributed by atoms with E-state index in [9.17, 15) is 0 Å². The van der Waals surface area contributed by atoms with Crippen LogP contribution in [-0.4, -0.2) is 33.8 Å². The molecule has 35 heavy (non-hydrogen) atoms. The van der Waals surface area contributed by atoms with E-state index in [1.54, 1.807) is 32.6 Å². The van der Waals surface area contributed by atoms with Crippen LogP contribution >= 0.6 is 12.4 Å². The number of fused-ring (bicyclic) bond motifs is 1. The molecule has 0 amide bonds. The van der Waals surface area contributed by atoms with Crippen LogP contribution in [0.15, 0.2) is 71.3 Å². The Labute approximate surface area is 208 Å². The van der Waals surface area contributed by atoms with Gasteiger partial charge >= 0.3 is 0 Å². The van der Waals surface area contributed by atoms with Crippen molar-refractivity contribution in [3.8, 4) is 34.3 Å². The zero-order valence-electron chi connectivity index (χ0n) is 19.3. The number of furan rings is 1. The van der Waals surface area contributed by atoms with Gasteiger partial charge in [0.15, 0.2) is 11.4 Å². The van der Waals surface area contributed by atoms with Crippen LogP contribution in [0.5, 0.6) is 11.5 Å². The number of benzene rings is 2. The summed E-state index contributed by atoms with van der Waals surface area (Å²) in [6, 6.07) is 19.4. The Morgan fingerprint density at radius 3 is 2.43 bits per heavy atom. The summed E-state index contributed by atoms with van der Waals surface area (Å²) >= 11 is 0. The molecular formula is C25H25ClN6O3. The van der Waals surface area contributed by atoms with Crippen molar-refractivity contribution in [2.75, 3.05) is 20.0 Å². The van der Waals surface area contributed by atoms with E-state index in [2.05, 4.69) is 26.4 Å². The van der Waals surface area contributed by atoms with Crippen molar-refractivity contribution in [1.29, 1.82) is 0 Å². The Balaban J connectivity index is 0.00000289. The number of hydrogen-bond donors (Lipinski definition) is 2. The molecule has 3 aromatic heterocycles. The minimum absolute atomic E-state index is 0. The lowest BCUT2D eigenvalue weighted by Crippen LogP contribution is -2.14. The van der Waals surface area contributed by atoms with Crippen molar-refractivity contribution in [3.05, 3.63) is 78.1 Å². The van der Waals surface area contributed by atoms with E-state index in [4.69, 9.17) is 19.6 Å². The molecule has 2 aromatic carbocycles. The molecule has 0 aliphatic rings. The van der Waals surface area contributed by atoms with Crippen molar-refractivity contribution in [1.82, 2.24) is 24.9 Å². The highest BCUT2D eigenvalue weighted by Gasteiger charge is 2.15.